The highest BCUT2D eigenvalue weighted by molar-refractivity contribution is 5.37. The summed E-state index contributed by atoms with van der Waals surface area (Å²) in [6.07, 6.45) is 0.586. The third-order valence-corrected chi connectivity index (χ3v) is 2.40. The monoisotopic (exact) mass is 239 g/mol. The number of hydrogen-bond acceptors (Lipinski definition) is 3. The summed E-state index contributed by atoms with van der Waals surface area (Å²) in [6.45, 7) is 6.37. The van der Waals surface area contributed by atoms with Crippen LogP contribution in [0.1, 0.15) is 32.5 Å². The molecular formula is C13H22FN3. The van der Waals surface area contributed by atoms with Gasteiger partial charge < -0.3 is 10.2 Å². The molecule has 1 aromatic rings. The third kappa shape index (κ3) is 4.69. The van der Waals surface area contributed by atoms with Crippen molar-refractivity contribution in [2.24, 2.45) is 0 Å². The van der Waals surface area contributed by atoms with Crippen LogP contribution in [-0.2, 0) is 0 Å². The zero-order valence-corrected chi connectivity index (χ0v) is 11.3. The van der Waals surface area contributed by atoms with Gasteiger partial charge in [0.1, 0.15) is 12.0 Å². The Morgan fingerprint density at radius 1 is 1.35 bits per heavy atom. The van der Waals surface area contributed by atoms with Gasteiger partial charge in [-0.25, -0.2) is 9.37 Å². The van der Waals surface area contributed by atoms with Gasteiger partial charge in [0.25, 0.3) is 0 Å². The minimum absolute atomic E-state index is 0.0681. The van der Waals surface area contributed by atoms with Gasteiger partial charge in [-0.05, 0) is 26.8 Å². The summed E-state index contributed by atoms with van der Waals surface area (Å²) >= 11 is 0. The Labute approximate surface area is 103 Å². The average molecular weight is 239 g/mol. The lowest BCUT2D eigenvalue weighted by Crippen LogP contribution is -2.37. The van der Waals surface area contributed by atoms with Crippen LogP contribution in [0.4, 0.5) is 10.2 Å². The molecule has 1 atom stereocenters. The van der Waals surface area contributed by atoms with Crippen molar-refractivity contribution in [3.63, 3.8) is 0 Å². The fourth-order valence-corrected chi connectivity index (χ4v) is 1.36. The van der Waals surface area contributed by atoms with Gasteiger partial charge >= 0.3 is 0 Å². The second kappa shape index (κ2) is 5.45. The Hall–Kier alpha value is -1.16. The molecule has 0 saturated heterocycles. The van der Waals surface area contributed by atoms with Gasteiger partial charge in [0.2, 0.25) is 0 Å². The molecule has 1 N–H and O–H groups in total. The first-order valence-corrected chi connectivity index (χ1v) is 5.82. The van der Waals surface area contributed by atoms with E-state index in [2.05, 4.69) is 10.3 Å². The Kier molecular flexibility index (Phi) is 4.46. The SMILES string of the molecule is CN(C)c1ccc(C(F)CNC(C)(C)C)cn1. The van der Waals surface area contributed by atoms with Crippen molar-refractivity contribution in [2.45, 2.75) is 32.5 Å². The average Bonchev–Trinajstić information content (AvgIpc) is 2.25. The molecule has 0 amide bonds. The van der Waals surface area contributed by atoms with Gasteiger partial charge in [-0.1, -0.05) is 6.07 Å². The van der Waals surface area contributed by atoms with Crippen LogP contribution in [0.5, 0.6) is 0 Å². The van der Waals surface area contributed by atoms with E-state index >= 15 is 0 Å². The minimum atomic E-state index is -1.02. The smallest absolute Gasteiger partial charge is 0.139 e. The van der Waals surface area contributed by atoms with Gasteiger partial charge in [0.15, 0.2) is 0 Å². The van der Waals surface area contributed by atoms with Gasteiger partial charge in [0.05, 0.1) is 0 Å². The lowest BCUT2D eigenvalue weighted by Gasteiger charge is -2.22. The molecule has 4 heteroatoms. The van der Waals surface area contributed by atoms with Crippen LogP contribution in [-0.4, -0.2) is 31.2 Å². The first-order valence-electron chi connectivity index (χ1n) is 5.82. The maximum absolute atomic E-state index is 13.9. The van der Waals surface area contributed by atoms with Crippen LogP contribution >= 0.6 is 0 Å². The Balaban J connectivity index is 2.60. The summed E-state index contributed by atoms with van der Waals surface area (Å²) in [5, 5.41) is 3.14. The van der Waals surface area contributed by atoms with Gasteiger partial charge in [-0.15, -0.1) is 0 Å². The van der Waals surface area contributed by atoms with E-state index in [9.17, 15) is 4.39 Å². The van der Waals surface area contributed by atoms with E-state index in [1.165, 1.54) is 0 Å². The summed E-state index contributed by atoms with van der Waals surface area (Å²) < 4.78 is 13.9. The highest BCUT2D eigenvalue weighted by atomic mass is 19.1. The van der Waals surface area contributed by atoms with Crippen molar-refractivity contribution in [1.82, 2.24) is 10.3 Å². The molecule has 0 radical (unpaired) electrons. The summed E-state index contributed by atoms with van der Waals surface area (Å²) in [5.74, 6) is 0.838. The molecule has 1 aromatic heterocycles. The summed E-state index contributed by atoms with van der Waals surface area (Å²) in [5.41, 5.74) is 0.550. The molecule has 0 fully saturated rings. The van der Waals surface area contributed by atoms with Crippen LogP contribution in [0.3, 0.4) is 0 Å². The molecule has 1 heterocycles. The number of nitrogens with zero attached hydrogens (tertiary/aromatic N) is 2. The summed E-state index contributed by atoms with van der Waals surface area (Å²) in [4.78, 5) is 6.10. The number of nitrogens with one attached hydrogen (secondary N) is 1. The number of alkyl halides is 1. The zero-order chi connectivity index (χ0) is 13.1. The van der Waals surface area contributed by atoms with Crippen molar-refractivity contribution < 1.29 is 4.39 Å². The van der Waals surface area contributed by atoms with Crippen LogP contribution in [0.15, 0.2) is 18.3 Å². The second-order valence-corrected chi connectivity index (χ2v) is 5.44. The molecule has 0 aliphatic heterocycles. The van der Waals surface area contributed by atoms with Crippen LogP contribution in [0, 0.1) is 0 Å². The van der Waals surface area contributed by atoms with Crippen molar-refractivity contribution in [1.29, 1.82) is 0 Å². The predicted octanol–water partition coefficient (Wildman–Crippen LogP) is 2.55. The molecule has 0 aliphatic rings. The van der Waals surface area contributed by atoms with Crippen molar-refractivity contribution >= 4 is 5.82 Å². The fraction of sp³-hybridized carbons (Fsp3) is 0.615. The lowest BCUT2D eigenvalue weighted by molar-refractivity contribution is 0.291. The molecule has 0 spiro atoms. The first-order chi connectivity index (χ1) is 7.79. The van der Waals surface area contributed by atoms with Gasteiger partial charge in [-0.2, -0.15) is 0 Å². The molecule has 17 heavy (non-hydrogen) atoms. The maximum Gasteiger partial charge on any atom is 0.139 e. The molecule has 3 nitrogen and oxygen atoms in total. The van der Waals surface area contributed by atoms with Crippen LogP contribution < -0.4 is 10.2 Å². The quantitative estimate of drug-likeness (QED) is 0.875. The van der Waals surface area contributed by atoms with E-state index in [4.69, 9.17) is 0 Å². The highest BCUT2D eigenvalue weighted by Crippen LogP contribution is 2.18. The Bertz CT molecular complexity index is 341. The normalized spacial score (nSPS) is 13.5. The van der Waals surface area contributed by atoms with Gasteiger partial charge in [-0.3, -0.25) is 0 Å². The zero-order valence-electron chi connectivity index (χ0n) is 11.3. The molecule has 1 unspecified atom stereocenters. The largest absolute Gasteiger partial charge is 0.363 e. The number of rotatable bonds is 4. The molecule has 1 rings (SSSR count). The molecule has 0 aliphatic carbocycles. The number of halogens is 1. The fourth-order valence-electron chi connectivity index (χ4n) is 1.36. The van der Waals surface area contributed by atoms with Crippen molar-refractivity contribution in [2.75, 3.05) is 25.5 Å². The maximum atomic E-state index is 13.9. The standard InChI is InChI=1S/C13H22FN3/c1-13(2,3)16-9-11(14)10-6-7-12(15-8-10)17(4)5/h6-8,11,16H,9H2,1-5H3. The van der Waals surface area contributed by atoms with Gasteiger partial charge in [0, 0.05) is 37.9 Å². The topological polar surface area (TPSA) is 28.2 Å². The number of anilines is 1. The van der Waals surface area contributed by atoms with E-state index in [1.54, 1.807) is 12.3 Å². The number of aromatic nitrogens is 1. The molecular weight excluding hydrogens is 217 g/mol. The van der Waals surface area contributed by atoms with E-state index in [-0.39, 0.29) is 5.54 Å². The van der Waals surface area contributed by atoms with Crippen LogP contribution in [0.25, 0.3) is 0 Å². The minimum Gasteiger partial charge on any atom is -0.363 e. The third-order valence-electron chi connectivity index (χ3n) is 2.40. The van der Waals surface area contributed by atoms with E-state index in [0.29, 0.717) is 12.1 Å². The van der Waals surface area contributed by atoms with Crippen LogP contribution in [0.2, 0.25) is 0 Å². The predicted molar refractivity (Wildman–Crippen MR) is 70.2 cm³/mol. The van der Waals surface area contributed by atoms with E-state index < -0.39 is 6.17 Å². The highest BCUT2D eigenvalue weighted by Gasteiger charge is 2.15. The summed E-state index contributed by atoms with van der Waals surface area (Å²) in [6, 6.07) is 3.62. The first kappa shape index (κ1) is 13.9. The molecule has 96 valence electrons. The Morgan fingerprint density at radius 2 is 2.00 bits per heavy atom. The number of hydrogen-bond donors (Lipinski definition) is 1. The molecule has 0 saturated carbocycles. The van der Waals surface area contributed by atoms with E-state index in [1.807, 2.05) is 45.8 Å². The molecule has 0 bridgehead atoms. The number of pyridine rings is 1. The van der Waals surface area contributed by atoms with Crippen molar-refractivity contribution in [3.8, 4) is 0 Å². The molecule has 0 aromatic carbocycles. The van der Waals surface area contributed by atoms with E-state index in [0.717, 1.165) is 5.82 Å². The second-order valence-electron chi connectivity index (χ2n) is 5.44. The van der Waals surface area contributed by atoms with Crippen molar-refractivity contribution in [3.05, 3.63) is 23.9 Å². The lowest BCUT2D eigenvalue weighted by atomic mass is 10.1. The Morgan fingerprint density at radius 3 is 2.41 bits per heavy atom. The summed E-state index contributed by atoms with van der Waals surface area (Å²) in [7, 11) is 3.83.